The molecule has 0 aliphatic rings. The van der Waals surface area contributed by atoms with Gasteiger partial charge in [0.05, 0.1) is 19.6 Å². The van der Waals surface area contributed by atoms with Crippen molar-refractivity contribution in [3.63, 3.8) is 0 Å². The quantitative estimate of drug-likeness (QED) is 0.125. The molecule has 0 aromatic heterocycles. The van der Waals surface area contributed by atoms with Crippen LogP contribution in [0.1, 0.15) is 44.9 Å². The molecule has 0 aromatic carbocycles. The number of unbranched alkanes of at least 4 members (excludes halogenated alkanes) is 1. The van der Waals surface area contributed by atoms with Gasteiger partial charge in [-0.05, 0) is 25.7 Å². The van der Waals surface area contributed by atoms with E-state index in [-0.39, 0.29) is 51.3 Å². The lowest BCUT2D eigenvalue weighted by Crippen LogP contribution is -2.51. The van der Waals surface area contributed by atoms with Gasteiger partial charge < -0.3 is 41.1 Å². The summed E-state index contributed by atoms with van der Waals surface area (Å²) >= 11 is 0. The first-order valence-electron chi connectivity index (χ1n) is 9.83. The van der Waals surface area contributed by atoms with Crippen LogP contribution in [0.5, 0.6) is 0 Å². The molecule has 0 heterocycles. The summed E-state index contributed by atoms with van der Waals surface area (Å²) in [6, 6.07) is -3.84. The molecule has 0 bridgehead atoms. The molecule has 0 radical (unpaired) electrons. The lowest BCUT2D eigenvalue weighted by Gasteiger charge is -2.18. The second kappa shape index (κ2) is 16.3. The van der Waals surface area contributed by atoms with Gasteiger partial charge in [-0.3, -0.25) is 14.4 Å². The van der Waals surface area contributed by atoms with Gasteiger partial charge in [-0.1, -0.05) is 0 Å². The molecule has 32 heavy (non-hydrogen) atoms. The molecule has 0 aromatic rings. The smallest absolute Gasteiger partial charge is 0.326 e. The van der Waals surface area contributed by atoms with Gasteiger partial charge in [0.1, 0.15) is 12.1 Å². The first-order chi connectivity index (χ1) is 15.0. The Morgan fingerprint density at radius 3 is 1.75 bits per heavy atom. The fourth-order valence-electron chi connectivity index (χ4n) is 2.36. The Labute approximate surface area is 183 Å². The second-order valence-corrected chi connectivity index (χ2v) is 6.68. The number of carboxylic acid groups (broad SMARTS) is 4. The Bertz CT molecular complexity index is 669. The maximum absolute atomic E-state index is 11.9. The minimum absolute atomic E-state index is 0.00649. The highest BCUT2D eigenvalue weighted by atomic mass is 16.5. The van der Waals surface area contributed by atoms with E-state index < -0.39 is 48.4 Å². The third-order valence-electron chi connectivity index (χ3n) is 4.03. The van der Waals surface area contributed by atoms with Crippen molar-refractivity contribution in [3.8, 4) is 0 Å². The number of ether oxygens (including phenoxy) is 1. The zero-order valence-electron chi connectivity index (χ0n) is 17.4. The Morgan fingerprint density at radius 1 is 0.688 bits per heavy atom. The van der Waals surface area contributed by atoms with E-state index in [0.29, 0.717) is 12.8 Å². The number of rotatable bonds is 18. The Morgan fingerprint density at radius 2 is 1.22 bits per heavy atom. The summed E-state index contributed by atoms with van der Waals surface area (Å²) in [5.41, 5.74) is 0. The second-order valence-electron chi connectivity index (χ2n) is 6.68. The van der Waals surface area contributed by atoms with Crippen molar-refractivity contribution < 1.29 is 53.9 Å². The Balaban J connectivity index is 4.18. The van der Waals surface area contributed by atoms with Crippen molar-refractivity contribution in [1.82, 2.24) is 16.0 Å². The first-order valence-corrected chi connectivity index (χ1v) is 9.83. The predicted molar refractivity (Wildman–Crippen MR) is 106 cm³/mol. The van der Waals surface area contributed by atoms with Gasteiger partial charge in [0.15, 0.2) is 0 Å². The minimum atomic E-state index is -1.48. The molecule has 182 valence electrons. The van der Waals surface area contributed by atoms with Crippen LogP contribution >= 0.6 is 0 Å². The fourth-order valence-corrected chi connectivity index (χ4v) is 2.36. The van der Waals surface area contributed by atoms with Crippen LogP contribution in [0.3, 0.4) is 0 Å². The number of carboxylic acids is 4. The molecular weight excluding hydrogens is 434 g/mol. The molecular formula is C18H29N3O11. The lowest BCUT2D eigenvalue weighted by atomic mass is 10.1. The first kappa shape index (κ1) is 28.6. The van der Waals surface area contributed by atoms with Gasteiger partial charge in [0, 0.05) is 19.4 Å². The van der Waals surface area contributed by atoms with Crippen LogP contribution in [-0.4, -0.2) is 88.1 Å². The number of amides is 3. The van der Waals surface area contributed by atoms with Gasteiger partial charge in [-0.25, -0.2) is 14.4 Å². The average Bonchev–Trinajstić information content (AvgIpc) is 2.68. The van der Waals surface area contributed by atoms with Crippen LogP contribution in [0.15, 0.2) is 0 Å². The topological polar surface area (TPSA) is 229 Å². The largest absolute Gasteiger partial charge is 0.481 e. The SMILES string of the molecule is O=C(O)CCOCCC(=O)NCCCCC(NC(=O)NC(CCC(=O)O)C(=O)O)C(=O)O. The molecule has 0 rings (SSSR count). The average molecular weight is 463 g/mol. The van der Waals surface area contributed by atoms with Gasteiger partial charge >= 0.3 is 29.9 Å². The predicted octanol–water partition coefficient (Wildman–Crippen LogP) is -0.775. The maximum Gasteiger partial charge on any atom is 0.326 e. The molecule has 2 unspecified atom stereocenters. The maximum atomic E-state index is 11.9. The Kier molecular flexibility index (Phi) is 14.6. The summed E-state index contributed by atoms with van der Waals surface area (Å²) in [6.07, 6.45) is -0.198. The number of hydrogen-bond acceptors (Lipinski definition) is 7. The standard InChI is InChI=1S/C18H29N3O11/c22-13(6-9-32-10-7-15(25)26)19-8-2-1-3-11(16(27)28)20-18(31)21-12(17(29)30)4-5-14(23)24/h11-12H,1-10H2,(H,19,22)(H,23,24)(H,25,26)(H,27,28)(H,29,30)(H2,20,21,31). The molecule has 14 heteroatoms. The molecule has 0 spiro atoms. The summed E-state index contributed by atoms with van der Waals surface area (Å²) < 4.78 is 4.99. The summed E-state index contributed by atoms with van der Waals surface area (Å²) in [4.78, 5) is 66.7. The van der Waals surface area contributed by atoms with E-state index in [1.807, 2.05) is 5.32 Å². The van der Waals surface area contributed by atoms with Crippen LogP contribution < -0.4 is 16.0 Å². The highest BCUT2D eigenvalue weighted by molar-refractivity contribution is 5.86. The number of nitrogens with one attached hydrogen (secondary N) is 3. The monoisotopic (exact) mass is 463 g/mol. The van der Waals surface area contributed by atoms with Crippen LogP contribution in [-0.2, 0) is 28.7 Å². The minimum Gasteiger partial charge on any atom is -0.481 e. The molecule has 0 aliphatic heterocycles. The van der Waals surface area contributed by atoms with Crippen LogP contribution in [0.25, 0.3) is 0 Å². The third kappa shape index (κ3) is 15.4. The summed E-state index contributed by atoms with van der Waals surface area (Å²) in [5, 5.41) is 42.0. The molecule has 0 saturated carbocycles. The van der Waals surface area contributed by atoms with E-state index in [1.54, 1.807) is 0 Å². The van der Waals surface area contributed by atoms with Crippen LogP contribution in [0.4, 0.5) is 4.79 Å². The van der Waals surface area contributed by atoms with Crippen molar-refractivity contribution in [1.29, 1.82) is 0 Å². The van der Waals surface area contributed by atoms with Gasteiger partial charge in [0.25, 0.3) is 0 Å². The number of aliphatic carboxylic acids is 4. The summed E-state index contributed by atoms with van der Waals surface area (Å²) in [7, 11) is 0. The third-order valence-corrected chi connectivity index (χ3v) is 4.03. The van der Waals surface area contributed by atoms with Crippen molar-refractivity contribution in [3.05, 3.63) is 0 Å². The van der Waals surface area contributed by atoms with Gasteiger partial charge in [-0.15, -0.1) is 0 Å². The molecule has 0 saturated heterocycles. The van der Waals surface area contributed by atoms with E-state index in [4.69, 9.17) is 20.1 Å². The number of hydrogen-bond donors (Lipinski definition) is 7. The van der Waals surface area contributed by atoms with Crippen molar-refractivity contribution in [2.45, 2.75) is 57.0 Å². The molecule has 3 amide bonds. The molecule has 0 aliphatic carbocycles. The fraction of sp³-hybridized carbons (Fsp3) is 0.667. The van der Waals surface area contributed by atoms with Crippen LogP contribution in [0.2, 0.25) is 0 Å². The number of urea groups is 1. The van der Waals surface area contributed by atoms with Gasteiger partial charge in [-0.2, -0.15) is 0 Å². The number of carbonyl (C=O) groups is 6. The Hall–Kier alpha value is -3.42. The molecule has 14 nitrogen and oxygen atoms in total. The highest BCUT2D eigenvalue weighted by Gasteiger charge is 2.24. The van der Waals surface area contributed by atoms with Crippen LogP contribution in [0, 0.1) is 0 Å². The zero-order valence-corrected chi connectivity index (χ0v) is 17.4. The number of carbonyl (C=O) groups excluding carboxylic acids is 2. The summed E-state index contributed by atoms with van der Waals surface area (Å²) in [5.74, 6) is -5.33. The van der Waals surface area contributed by atoms with E-state index in [9.17, 15) is 33.9 Å². The normalized spacial score (nSPS) is 12.2. The van der Waals surface area contributed by atoms with E-state index in [1.165, 1.54) is 0 Å². The molecule has 7 N–H and O–H groups in total. The summed E-state index contributed by atoms with van der Waals surface area (Å²) in [6.45, 7) is 0.332. The highest BCUT2D eigenvalue weighted by Crippen LogP contribution is 2.03. The molecule has 0 fully saturated rings. The molecule has 2 atom stereocenters. The van der Waals surface area contributed by atoms with Crippen molar-refractivity contribution in [2.75, 3.05) is 19.8 Å². The van der Waals surface area contributed by atoms with E-state index >= 15 is 0 Å². The van der Waals surface area contributed by atoms with E-state index in [0.717, 1.165) is 0 Å². The van der Waals surface area contributed by atoms with Crippen molar-refractivity contribution in [2.24, 2.45) is 0 Å². The van der Waals surface area contributed by atoms with E-state index in [2.05, 4.69) is 10.6 Å². The zero-order chi connectivity index (χ0) is 24.5. The van der Waals surface area contributed by atoms with Gasteiger partial charge in [0.2, 0.25) is 5.91 Å². The van der Waals surface area contributed by atoms with Crippen molar-refractivity contribution >= 4 is 35.8 Å². The lowest BCUT2D eigenvalue weighted by molar-refractivity contribution is -0.141.